The number of urea groups is 1. The Kier molecular flexibility index (Phi) is 8.61. The van der Waals surface area contributed by atoms with Crippen molar-refractivity contribution in [2.24, 2.45) is 16.8 Å². The van der Waals surface area contributed by atoms with E-state index < -0.39 is 12.0 Å². The number of hydrazone groups is 1. The molecule has 0 rings (SSSR count). The van der Waals surface area contributed by atoms with Crippen LogP contribution in [-0.2, 0) is 4.79 Å². The molecule has 0 saturated carbocycles. The summed E-state index contributed by atoms with van der Waals surface area (Å²) in [6.07, 6.45) is 4.06. The predicted molar refractivity (Wildman–Crippen MR) is 70.3 cm³/mol. The van der Waals surface area contributed by atoms with Gasteiger partial charge in [-0.25, -0.2) is 10.2 Å². The van der Waals surface area contributed by atoms with Crippen molar-refractivity contribution in [2.75, 3.05) is 0 Å². The van der Waals surface area contributed by atoms with Gasteiger partial charge in [0, 0.05) is 12.1 Å². The lowest BCUT2D eigenvalue weighted by Crippen LogP contribution is -2.26. The summed E-state index contributed by atoms with van der Waals surface area (Å²) < 4.78 is 0. The number of nitrogens with two attached hydrogens (primary N) is 1. The fourth-order valence-electron chi connectivity index (χ4n) is 1.49. The highest BCUT2D eigenvalue weighted by atomic mass is 16.4. The Morgan fingerprint density at radius 2 is 1.94 bits per heavy atom. The average molecular weight is 257 g/mol. The summed E-state index contributed by atoms with van der Waals surface area (Å²) in [6, 6.07) is -0.679. The zero-order chi connectivity index (χ0) is 14.0. The lowest BCUT2D eigenvalue weighted by atomic mass is 9.98. The third-order valence-electron chi connectivity index (χ3n) is 2.71. The topological polar surface area (TPSA) is 105 Å². The highest BCUT2D eigenvalue weighted by Gasteiger charge is 2.07. The molecule has 0 saturated heterocycles. The fraction of sp³-hybridized carbons (Fsp3) is 0.750. The van der Waals surface area contributed by atoms with E-state index in [-0.39, 0.29) is 6.42 Å². The van der Waals surface area contributed by atoms with Crippen molar-refractivity contribution in [2.45, 2.75) is 52.4 Å². The third-order valence-corrected chi connectivity index (χ3v) is 2.71. The lowest BCUT2D eigenvalue weighted by Gasteiger charge is -2.11. The number of rotatable bonds is 9. The zero-order valence-corrected chi connectivity index (χ0v) is 11.1. The number of amides is 2. The molecular weight excluding hydrogens is 234 g/mol. The van der Waals surface area contributed by atoms with Crippen LogP contribution in [-0.4, -0.2) is 22.8 Å². The second-order valence-electron chi connectivity index (χ2n) is 4.47. The molecule has 0 aliphatic rings. The summed E-state index contributed by atoms with van der Waals surface area (Å²) in [7, 11) is 0. The number of carboxylic acid groups (broad SMARTS) is 1. The Morgan fingerprint density at radius 1 is 1.33 bits per heavy atom. The van der Waals surface area contributed by atoms with Crippen LogP contribution in [0.1, 0.15) is 52.4 Å². The molecule has 0 aromatic carbocycles. The van der Waals surface area contributed by atoms with E-state index in [2.05, 4.69) is 24.4 Å². The fourth-order valence-corrected chi connectivity index (χ4v) is 1.49. The van der Waals surface area contributed by atoms with Gasteiger partial charge in [-0.3, -0.25) is 4.79 Å². The van der Waals surface area contributed by atoms with Gasteiger partial charge < -0.3 is 10.8 Å². The summed E-state index contributed by atoms with van der Waals surface area (Å²) in [5.74, 6) is -0.302. The van der Waals surface area contributed by atoms with Gasteiger partial charge in [0.2, 0.25) is 0 Å². The zero-order valence-electron chi connectivity index (χ0n) is 11.1. The Morgan fingerprint density at radius 3 is 2.44 bits per heavy atom. The van der Waals surface area contributed by atoms with Gasteiger partial charge in [-0.2, -0.15) is 5.10 Å². The molecule has 18 heavy (non-hydrogen) atoms. The highest BCUT2D eigenvalue weighted by molar-refractivity contribution is 5.86. The van der Waals surface area contributed by atoms with Crippen molar-refractivity contribution in [1.82, 2.24) is 5.43 Å². The first-order valence-corrected chi connectivity index (χ1v) is 6.28. The van der Waals surface area contributed by atoms with Crippen LogP contribution in [0.25, 0.3) is 0 Å². The number of nitrogens with zero attached hydrogens (tertiary/aromatic N) is 1. The van der Waals surface area contributed by atoms with Gasteiger partial charge in [0.1, 0.15) is 0 Å². The van der Waals surface area contributed by atoms with Crippen LogP contribution >= 0.6 is 0 Å². The second-order valence-corrected chi connectivity index (χ2v) is 4.47. The van der Waals surface area contributed by atoms with Gasteiger partial charge in [0.05, 0.1) is 0 Å². The van der Waals surface area contributed by atoms with Gasteiger partial charge in [0.25, 0.3) is 0 Å². The summed E-state index contributed by atoms with van der Waals surface area (Å²) in [5.41, 5.74) is 8.07. The normalized spacial score (nSPS) is 13.1. The van der Waals surface area contributed by atoms with Crippen LogP contribution in [0.4, 0.5) is 4.79 Å². The molecule has 0 aromatic heterocycles. The van der Waals surface area contributed by atoms with Crippen LogP contribution in [0.15, 0.2) is 5.10 Å². The Bertz CT molecular complexity index is 303. The molecule has 0 heterocycles. The van der Waals surface area contributed by atoms with E-state index >= 15 is 0 Å². The minimum Gasteiger partial charge on any atom is -0.481 e. The van der Waals surface area contributed by atoms with Crippen molar-refractivity contribution in [1.29, 1.82) is 0 Å². The Balaban J connectivity index is 4.16. The van der Waals surface area contributed by atoms with E-state index in [4.69, 9.17) is 10.8 Å². The van der Waals surface area contributed by atoms with E-state index in [9.17, 15) is 9.59 Å². The molecule has 6 heteroatoms. The van der Waals surface area contributed by atoms with Crippen LogP contribution in [0.2, 0.25) is 0 Å². The minimum absolute atomic E-state index is 0.167. The smallest absolute Gasteiger partial charge is 0.332 e. The molecule has 104 valence electrons. The summed E-state index contributed by atoms with van der Waals surface area (Å²) in [4.78, 5) is 21.0. The van der Waals surface area contributed by atoms with E-state index in [0.717, 1.165) is 25.0 Å². The molecule has 0 bridgehead atoms. The van der Waals surface area contributed by atoms with Crippen molar-refractivity contribution >= 4 is 17.7 Å². The number of hydrogen-bond donors (Lipinski definition) is 3. The van der Waals surface area contributed by atoms with E-state index in [1.165, 1.54) is 0 Å². The maximum atomic E-state index is 10.6. The summed E-state index contributed by atoms with van der Waals surface area (Å²) in [6.45, 7) is 4.20. The molecule has 6 nitrogen and oxygen atoms in total. The first-order chi connectivity index (χ1) is 8.45. The number of nitrogens with one attached hydrogen (secondary N) is 1. The van der Waals surface area contributed by atoms with Gasteiger partial charge in [-0.1, -0.05) is 20.3 Å². The molecule has 2 amide bonds. The maximum Gasteiger partial charge on any atom is 0.332 e. The number of carboxylic acids is 1. The monoisotopic (exact) mass is 257 g/mol. The largest absolute Gasteiger partial charge is 0.481 e. The number of unbranched alkanes of at least 4 members (excludes halogenated alkanes) is 1. The Labute approximate surface area is 108 Å². The van der Waals surface area contributed by atoms with Crippen LogP contribution in [0.5, 0.6) is 0 Å². The van der Waals surface area contributed by atoms with Crippen LogP contribution in [0.3, 0.4) is 0 Å². The van der Waals surface area contributed by atoms with Crippen molar-refractivity contribution < 1.29 is 14.7 Å². The van der Waals surface area contributed by atoms with Gasteiger partial charge >= 0.3 is 12.0 Å². The van der Waals surface area contributed by atoms with Gasteiger partial charge in [-0.05, 0) is 31.6 Å². The van der Waals surface area contributed by atoms with Crippen molar-refractivity contribution in [3.05, 3.63) is 0 Å². The molecule has 0 spiro atoms. The molecule has 0 aromatic rings. The molecule has 0 aliphatic heterocycles. The lowest BCUT2D eigenvalue weighted by molar-refractivity contribution is -0.137. The SMILES string of the molecule is CCC(C)CC(CCCCC(=O)O)=NNC(N)=O. The van der Waals surface area contributed by atoms with Crippen molar-refractivity contribution in [3.63, 3.8) is 0 Å². The molecule has 0 aliphatic carbocycles. The number of hydrogen-bond acceptors (Lipinski definition) is 3. The van der Waals surface area contributed by atoms with E-state index in [1.54, 1.807) is 0 Å². The quantitative estimate of drug-likeness (QED) is 0.334. The number of primary amides is 1. The molecule has 0 fully saturated rings. The Hall–Kier alpha value is -1.59. The maximum absolute atomic E-state index is 10.6. The third kappa shape index (κ3) is 9.62. The van der Waals surface area contributed by atoms with Gasteiger partial charge in [-0.15, -0.1) is 0 Å². The summed E-state index contributed by atoms with van der Waals surface area (Å²) >= 11 is 0. The standard InChI is InChI=1S/C12H23N3O3/c1-3-9(2)8-10(14-15-12(13)18)6-4-5-7-11(16)17/h9H,3-8H2,1-2H3,(H,16,17)(H3,13,15,18). The van der Waals surface area contributed by atoms with Crippen molar-refractivity contribution in [3.8, 4) is 0 Å². The number of aliphatic carboxylic acids is 1. The number of carbonyl (C=O) groups excluding carboxylic acids is 1. The average Bonchev–Trinajstić information content (AvgIpc) is 2.30. The molecule has 0 radical (unpaired) electrons. The number of carbonyl (C=O) groups is 2. The van der Waals surface area contributed by atoms with E-state index in [1.807, 2.05) is 0 Å². The van der Waals surface area contributed by atoms with Crippen LogP contribution in [0, 0.1) is 5.92 Å². The first kappa shape index (κ1) is 16.4. The predicted octanol–water partition coefficient (Wildman–Crippen LogP) is 2.09. The summed E-state index contributed by atoms with van der Waals surface area (Å²) in [5, 5.41) is 12.5. The minimum atomic E-state index is -0.786. The van der Waals surface area contributed by atoms with Gasteiger partial charge in [0.15, 0.2) is 0 Å². The molecule has 1 unspecified atom stereocenters. The highest BCUT2D eigenvalue weighted by Crippen LogP contribution is 2.12. The molecular formula is C12H23N3O3. The first-order valence-electron chi connectivity index (χ1n) is 6.28. The van der Waals surface area contributed by atoms with E-state index in [0.29, 0.717) is 18.8 Å². The second kappa shape index (κ2) is 9.44. The van der Waals surface area contributed by atoms with Crippen LogP contribution < -0.4 is 11.2 Å². The molecule has 1 atom stereocenters. The molecule has 4 N–H and O–H groups in total.